The van der Waals surface area contributed by atoms with Gasteiger partial charge < -0.3 is 10.1 Å². The maximum atomic E-state index is 12.3. The number of hydrogen-bond donors (Lipinski definition) is 1. The topological polar surface area (TPSA) is 54.5 Å². The first kappa shape index (κ1) is 14.6. The van der Waals surface area contributed by atoms with Gasteiger partial charge in [-0.05, 0) is 31.5 Å². The van der Waals surface area contributed by atoms with Gasteiger partial charge in [0.15, 0.2) is 0 Å². The summed E-state index contributed by atoms with van der Waals surface area (Å²) in [6.07, 6.45) is 2.57. The zero-order chi connectivity index (χ0) is 15.6. The van der Waals surface area contributed by atoms with Gasteiger partial charge in [-0.3, -0.25) is 9.69 Å². The Bertz CT molecular complexity index is 718. The summed E-state index contributed by atoms with van der Waals surface area (Å²) in [7, 11) is 0. The highest BCUT2D eigenvalue weighted by Crippen LogP contribution is 2.22. The second kappa shape index (κ2) is 6.26. The van der Waals surface area contributed by atoms with Crippen LogP contribution in [0.15, 0.2) is 36.4 Å². The Hall–Kier alpha value is -1.98. The van der Waals surface area contributed by atoms with Crippen molar-refractivity contribution in [3.05, 3.63) is 42.1 Å². The molecule has 2 unspecified atom stereocenters. The zero-order valence-corrected chi connectivity index (χ0v) is 13.1. The Morgan fingerprint density at radius 2 is 2.22 bits per heavy atom. The molecular weight excluding hydrogens is 290 g/mol. The van der Waals surface area contributed by atoms with E-state index in [1.807, 2.05) is 30.3 Å². The van der Waals surface area contributed by atoms with Crippen molar-refractivity contribution in [2.45, 2.75) is 25.0 Å². The molecule has 2 fully saturated rings. The van der Waals surface area contributed by atoms with Crippen LogP contribution in [0.3, 0.4) is 0 Å². The van der Waals surface area contributed by atoms with Crippen LogP contribution in [0.2, 0.25) is 0 Å². The highest BCUT2D eigenvalue weighted by molar-refractivity contribution is 5.94. The van der Waals surface area contributed by atoms with Gasteiger partial charge in [-0.25, -0.2) is 4.98 Å². The lowest BCUT2D eigenvalue weighted by Gasteiger charge is -2.35. The number of fused-ring (bicyclic) bond motifs is 2. The Balaban J connectivity index is 1.37. The van der Waals surface area contributed by atoms with Gasteiger partial charge >= 0.3 is 0 Å². The fourth-order valence-electron chi connectivity index (χ4n) is 3.50. The van der Waals surface area contributed by atoms with Crippen LogP contribution in [0.1, 0.15) is 23.3 Å². The first-order valence-corrected chi connectivity index (χ1v) is 8.29. The molecule has 0 spiro atoms. The molecule has 23 heavy (non-hydrogen) atoms. The van der Waals surface area contributed by atoms with Gasteiger partial charge in [-0.1, -0.05) is 24.3 Å². The van der Waals surface area contributed by atoms with Crippen molar-refractivity contribution < 1.29 is 9.53 Å². The minimum atomic E-state index is -0.136. The van der Waals surface area contributed by atoms with Crippen molar-refractivity contribution in [2.75, 3.05) is 26.2 Å². The lowest BCUT2D eigenvalue weighted by atomic mass is 10.2. The number of nitrogens with zero attached hydrogens (tertiary/aromatic N) is 2. The lowest BCUT2D eigenvalue weighted by molar-refractivity contribution is -0.0462. The average Bonchev–Trinajstić information content (AvgIpc) is 3.07. The molecule has 4 rings (SSSR count). The maximum Gasteiger partial charge on any atom is 0.269 e. The summed E-state index contributed by atoms with van der Waals surface area (Å²) in [6.45, 7) is 3.39. The molecule has 1 N–H and O–H groups in total. The van der Waals surface area contributed by atoms with E-state index in [0.717, 1.165) is 30.6 Å². The van der Waals surface area contributed by atoms with E-state index in [1.54, 1.807) is 6.07 Å². The molecule has 1 amide bonds. The molecule has 5 nitrogen and oxygen atoms in total. The predicted molar refractivity (Wildman–Crippen MR) is 88.4 cm³/mol. The van der Waals surface area contributed by atoms with E-state index in [0.29, 0.717) is 18.3 Å². The molecule has 2 aliphatic rings. The van der Waals surface area contributed by atoms with Crippen LogP contribution in [0, 0.1) is 0 Å². The van der Waals surface area contributed by atoms with Crippen LogP contribution >= 0.6 is 0 Å². The van der Waals surface area contributed by atoms with Crippen LogP contribution < -0.4 is 5.32 Å². The van der Waals surface area contributed by atoms with Crippen molar-refractivity contribution >= 4 is 16.8 Å². The summed E-state index contributed by atoms with van der Waals surface area (Å²) in [4.78, 5) is 19.2. The van der Waals surface area contributed by atoms with E-state index in [1.165, 1.54) is 12.8 Å². The first-order chi connectivity index (χ1) is 11.3. The molecule has 1 aromatic carbocycles. The molecule has 0 radical (unpaired) electrons. The molecule has 0 bridgehead atoms. The normalized spacial score (nSPS) is 24.5. The molecular formula is C18H21N3O2. The van der Waals surface area contributed by atoms with Gasteiger partial charge in [0.05, 0.1) is 18.2 Å². The fraction of sp³-hybridized carbons (Fsp3) is 0.444. The molecule has 0 saturated carbocycles. The molecule has 2 aromatic rings. The second-order valence-corrected chi connectivity index (χ2v) is 6.35. The van der Waals surface area contributed by atoms with E-state index < -0.39 is 0 Å². The molecule has 1 aromatic heterocycles. The third-order valence-corrected chi connectivity index (χ3v) is 4.78. The number of ether oxygens (including phenoxy) is 1. The Kier molecular flexibility index (Phi) is 3.97. The molecule has 2 saturated heterocycles. The number of aromatic nitrogens is 1. The standard InChI is InChI=1S/C18H21N3O2/c22-18(17-8-7-13-4-1-2-6-16(13)20-17)19-10-15-11-21-9-3-5-14(21)12-23-15/h1-2,4,6-8,14-15H,3,5,9-12H2,(H,19,22). The molecule has 3 heterocycles. The van der Waals surface area contributed by atoms with Crippen molar-refractivity contribution in [3.63, 3.8) is 0 Å². The summed E-state index contributed by atoms with van der Waals surface area (Å²) in [5, 5.41) is 4.00. The van der Waals surface area contributed by atoms with Crippen molar-refractivity contribution in [1.29, 1.82) is 0 Å². The summed E-state index contributed by atoms with van der Waals surface area (Å²) in [5.41, 5.74) is 1.30. The molecule has 120 valence electrons. The zero-order valence-electron chi connectivity index (χ0n) is 13.1. The Morgan fingerprint density at radius 3 is 3.17 bits per heavy atom. The summed E-state index contributed by atoms with van der Waals surface area (Å²) < 4.78 is 5.87. The highest BCUT2D eigenvalue weighted by Gasteiger charge is 2.32. The van der Waals surface area contributed by atoms with Gasteiger partial charge in [0.1, 0.15) is 5.69 Å². The van der Waals surface area contributed by atoms with Crippen molar-refractivity contribution in [3.8, 4) is 0 Å². The van der Waals surface area contributed by atoms with E-state index >= 15 is 0 Å². The van der Waals surface area contributed by atoms with E-state index in [-0.39, 0.29) is 12.0 Å². The van der Waals surface area contributed by atoms with E-state index in [9.17, 15) is 4.79 Å². The molecule has 2 aliphatic heterocycles. The number of hydrogen-bond acceptors (Lipinski definition) is 4. The monoisotopic (exact) mass is 311 g/mol. The summed E-state index contributed by atoms with van der Waals surface area (Å²) in [5.74, 6) is -0.136. The predicted octanol–water partition coefficient (Wildman–Crippen LogP) is 1.83. The maximum absolute atomic E-state index is 12.3. The summed E-state index contributed by atoms with van der Waals surface area (Å²) in [6, 6.07) is 12.1. The number of rotatable bonds is 3. The van der Waals surface area contributed by atoms with Gasteiger partial charge in [0.2, 0.25) is 0 Å². The number of amides is 1. The third kappa shape index (κ3) is 3.07. The van der Waals surface area contributed by atoms with Gasteiger partial charge in [-0.15, -0.1) is 0 Å². The van der Waals surface area contributed by atoms with Gasteiger partial charge in [0.25, 0.3) is 5.91 Å². The van der Waals surface area contributed by atoms with Crippen LogP contribution in [0.4, 0.5) is 0 Å². The minimum Gasteiger partial charge on any atom is -0.373 e. The number of pyridine rings is 1. The number of carbonyl (C=O) groups is 1. The Labute approximate surface area is 135 Å². The van der Waals surface area contributed by atoms with Crippen molar-refractivity contribution in [1.82, 2.24) is 15.2 Å². The lowest BCUT2D eigenvalue weighted by Crippen LogP contribution is -2.50. The smallest absolute Gasteiger partial charge is 0.269 e. The number of benzene rings is 1. The van der Waals surface area contributed by atoms with E-state index in [4.69, 9.17) is 4.74 Å². The third-order valence-electron chi connectivity index (χ3n) is 4.78. The number of para-hydroxylation sites is 1. The minimum absolute atomic E-state index is 0.0776. The molecule has 2 atom stereocenters. The van der Waals surface area contributed by atoms with Gasteiger partial charge in [-0.2, -0.15) is 0 Å². The molecule has 5 heteroatoms. The summed E-state index contributed by atoms with van der Waals surface area (Å²) >= 11 is 0. The van der Waals surface area contributed by atoms with Crippen LogP contribution in [0.25, 0.3) is 10.9 Å². The molecule has 0 aliphatic carbocycles. The van der Waals surface area contributed by atoms with Crippen molar-refractivity contribution in [2.24, 2.45) is 0 Å². The first-order valence-electron chi connectivity index (χ1n) is 8.29. The average molecular weight is 311 g/mol. The quantitative estimate of drug-likeness (QED) is 0.939. The SMILES string of the molecule is O=C(NCC1CN2CCCC2CO1)c1ccc2ccccc2n1. The van der Waals surface area contributed by atoms with Crippen LogP contribution in [-0.2, 0) is 4.74 Å². The fourth-order valence-corrected chi connectivity index (χ4v) is 3.50. The Morgan fingerprint density at radius 1 is 1.30 bits per heavy atom. The van der Waals surface area contributed by atoms with Crippen LogP contribution in [0.5, 0.6) is 0 Å². The number of carbonyl (C=O) groups excluding carboxylic acids is 1. The number of nitrogens with one attached hydrogen (secondary N) is 1. The van der Waals surface area contributed by atoms with Crippen LogP contribution in [-0.4, -0.2) is 54.2 Å². The second-order valence-electron chi connectivity index (χ2n) is 6.35. The van der Waals surface area contributed by atoms with E-state index in [2.05, 4.69) is 15.2 Å². The number of morpholine rings is 1. The highest BCUT2D eigenvalue weighted by atomic mass is 16.5. The van der Waals surface area contributed by atoms with Gasteiger partial charge in [0, 0.05) is 24.5 Å². The largest absolute Gasteiger partial charge is 0.373 e.